The summed E-state index contributed by atoms with van der Waals surface area (Å²) in [5.74, 6) is -0.144. The Hall–Kier alpha value is -0.350. The van der Waals surface area contributed by atoms with Gasteiger partial charge in [0.25, 0.3) is 0 Å². The highest BCUT2D eigenvalue weighted by Gasteiger charge is 2.24. The highest BCUT2D eigenvalue weighted by molar-refractivity contribution is 7.94. The molecule has 10 heavy (non-hydrogen) atoms. The second-order valence-electron chi connectivity index (χ2n) is 2.56. The molecule has 0 aromatic carbocycles. The fraction of sp³-hybridized carbons (Fsp3) is 0.667. The SMILES string of the molecule is CC(O)C1C=CS(=O)(=O)C1. The molecule has 0 saturated carbocycles. The van der Waals surface area contributed by atoms with Crippen molar-refractivity contribution in [1.29, 1.82) is 0 Å². The molecule has 2 atom stereocenters. The minimum Gasteiger partial charge on any atom is -0.393 e. The first-order chi connectivity index (χ1) is 4.51. The zero-order chi connectivity index (χ0) is 7.78. The lowest BCUT2D eigenvalue weighted by Crippen LogP contribution is -2.17. The van der Waals surface area contributed by atoms with Crippen LogP contribution in [0.15, 0.2) is 11.5 Å². The summed E-state index contributed by atoms with van der Waals surface area (Å²) < 4.78 is 21.5. The normalized spacial score (nSPS) is 32.4. The van der Waals surface area contributed by atoms with E-state index in [1.54, 1.807) is 13.0 Å². The Labute approximate surface area is 60.3 Å². The molecular formula is C6H10O3S. The average Bonchev–Trinajstić information content (AvgIpc) is 2.10. The summed E-state index contributed by atoms with van der Waals surface area (Å²) in [6.07, 6.45) is 0.980. The highest BCUT2D eigenvalue weighted by atomic mass is 32.2. The van der Waals surface area contributed by atoms with Crippen molar-refractivity contribution in [3.63, 3.8) is 0 Å². The van der Waals surface area contributed by atoms with Gasteiger partial charge in [-0.25, -0.2) is 8.42 Å². The van der Waals surface area contributed by atoms with Crippen LogP contribution < -0.4 is 0 Å². The molecule has 1 aliphatic rings. The van der Waals surface area contributed by atoms with Crippen LogP contribution in [0, 0.1) is 5.92 Å². The minimum atomic E-state index is -2.98. The van der Waals surface area contributed by atoms with Gasteiger partial charge in [0.05, 0.1) is 11.9 Å². The van der Waals surface area contributed by atoms with Crippen molar-refractivity contribution in [3.8, 4) is 0 Å². The fourth-order valence-electron chi connectivity index (χ4n) is 0.900. The number of hydrogen-bond acceptors (Lipinski definition) is 3. The summed E-state index contributed by atoms with van der Waals surface area (Å²) in [6.45, 7) is 1.59. The van der Waals surface area contributed by atoms with E-state index >= 15 is 0 Å². The molecule has 0 aromatic rings. The molecule has 0 amide bonds. The first-order valence-electron chi connectivity index (χ1n) is 3.10. The molecule has 0 aliphatic carbocycles. The van der Waals surface area contributed by atoms with Gasteiger partial charge in [0.1, 0.15) is 0 Å². The topological polar surface area (TPSA) is 54.4 Å². The number of aliphatic hydroxyl groups excluding tert-OH is 1. The number of aliphatic hydroxyl groups is 1. The molecule has 3 nitrogen and oxygen atoms in total. The molecule has 4 heteroatoms. The number of sulfone groups is 1. The van der Waals surface area contributed by atoms with E-state index in [1.165, 1.54) is 5.41 Å². The van der Waals surface area contributed by atoms with E-state index in [4.69, 9.17) is 5.11 Å². The number of rotatable bonds is 1. The summed E-state index contributed by atoms with van der Waals surface area (Å²) in [7, 11) is -2.98. The van der Waals surface area contributed by atoms with Gasteiger partial charge in [-0.3, -0.25) is 0 Å². The van der Waals surface area contributed by atoms with Gasteiger partial charge in [-0.05, 0) is 6.92 Å². The van der Waals surface area contributed by atoms with Gasteiger partial charge < -0.3 is 5.11 Å². The second kappa shape index (κ2) is 2.36. The van der Waals surface area contributed by atoms with Gasteiger partial charge in [0.2, 0.25) is 0 Å². The first-order valence-corrected chi connectivity index (χ1v) is 4.82. The molecule has 2 unspecified atom stereocenters. The van der Waals surface area contributed by atoms with Crippen LogP contribution in [0.2, 0.25) is 0 Å². The second-order valence-corrected chi connectivity index (χ2v) is 4.49. The van der Waals surface area contributed by atoms with Crippen molar-refractivity contribution in [2.24, 2.45) is 5.92 Å². The molecule has 1 rings (SSSR count). The molecule has 0 bridgehead atoms. The van der Waals surface area contributed by atoms with Gasteiger partial charge in [0.15, 0.2) is 9.84 Å². The summed E-state index contributed by atoms with van der Waals surface area (Å²) in [4.78, 5) is 0. The predicted molar refractivity (Wildman–Crippen MR) is 38.1 cm³/mol. The van der Waals surface area contributed by atoms with E-state index in [2.05, 4.69) is 0 Å². The Kier molecular flexibility index (Phi) is 1.83. The first kappa shape index (κ1) is 7.75. The van der Waals surface area contributed by atoms with Crippen LogP contribution in [0.5, 0.6) is 0 Å². The summed E-state index contributed by atoms with van der Waals surface area (Å²) in [5, 5.41) is 10.1. The summed E-state index contributed by atoms with van der Waals surface area (Å²) in [6, 6.07) is 0. The fourth-order valence-corrected chi connectivity index (χ4v) is 2.38. The third-order valence-corrected chi connectivity index (χ3v) is 3.00. The predicted octanol–water partition coefficient (Wildman–Crippen LogP) is -0.0745. The Bertz CT molecular complexity index is 238. The van der Waals surface area contributed by atoms with Crippen molar-refractivity contribution in [2.45, 2.75) is 13.0 Å². The molecule has 58 valence electrons. The highest BCUT2D eigenvalue weighted by Crippen LogP contribution is 2.17. The van der Waals surface area contributed by atoms with Crippen LogP contribution in [0.25, 0.3) is 0 Å². The largest absolute Gasteiger partial charge is 0.393 e. The minimum absolute atomic E-state index is 0.0602. The van der Waals surface area contributed by atoms with Crippen LogP contribution in [0.1, 0.15) is 6.92 Å². The van der Waals surface area contributed by atoms with E-state index in [9.17, 15) is 8.42 Å². The molecule has 0 spiro atoms. The van der Waals surface area contributed by atoms with Gasteiger partial charge in [-0.1, -0.05) is 6.08 Å². The Morgan fingerprint density at radius 2 is 2.30 bits per heavy atom. The van der Waals surface area contributed by atoms with Crippen molar-refractivity contribution in [3.05, 3.63) is 11.5 Å². The van der Waals surface area contributed by atoms with E-state index in [0.29, 0.717) is 0 Å². The van der Waals surface area contributed by atoms with Crippen molar-refractivity contribution in [2.75, 3.05) is 5.75 Å². The van der Waals surface area contributed by atoms with E-state index in [0.717, 1.165) is 0 Å². The molecule has 0 radical (unpaired) electrons. The molecule has 1 N–H and O–H groups in total. The Morgan fingerprint density at radius 3 is 2.50 bits per heavy atom. The Balaban J connectivity index is 2.72. The zero-order valence-corrected chi connectivity index (χ0v) is 6.50. The monoisotopic (exact) mass is 162 g/mol. The molecule has 1 aliphatic heterocycles. The third-order valence-electron chi connectivity index (χ3n) is 1.58. The lowest BCUT2D eigenvalue weighted by atomic mass is 10.1. The van der Waals surface area contributed by atoms with Gasteiger partial charge in [-0.15, -0.1) is 0 Å². The third kappa shape index (κ3) is 1.58. The van der Waals surface area contributed by atoms with Crippen LogP contribution in [-0.4, -0.2) is 25.4 Å². The average molecular weight is 162 g/mol. The van der Waals surface area contributed by atoms with Gasteiger partial charge in [-0.2, -0.15) is 0 Å². The molecule has 1 heterocycles. The lowest BCUT2D eigenvalue weighted by molar-refractivity contribution is 0.159. The Morgan fingerprint density at radius 1 is 1.70 bits per heavy atom. The molecule has 0 saturated heterocycles. The maximum absolute atomic E-state index is 10.7. The van der Waals surface area contributed by atoms with Crippen LogP contribution >= 0.6 is 0 Å². The van der Waals surface area contributed by atoms with Crippen molar-refractivity contribution in [1.82, 2.24) is 0 Å². The smallest absolute Gasteiger partial charge is 0.171 e. The van der Waals surface area contributed by atoms with E-state index in [-0.39, 0.29) is 11.7 Å². The lowest BCUT2D eigenvalue weighted by Gasteiger charge is -2.08. The summed E-state index contributed by atoms with van der Waals surface area (Å²) >= 11 is 0. The standard InChI is InChI=1S/C6H10O3S/c1-5(7)6-2-3-10(8,9)4-6/h2-3,5-7H,4H2,1H3. The van der Waals surface area contributed by atoms with Crippen LogP contribution in [0.3, 0.4) is 0 Å². The quantitative estimate of drug-likeness (QED) is 0.587. The number of hydrogen-bond donors (Lipinski definition) is 1. The van der Waals surface area contributed by atoms with Crippen molar-refractivity contribution < 1.29 is 13.5 Å². The maximum atomic E-state index is 10.7. The summed E-state index contributed by atoms with van der Waals surface area (Å²) in [5.41, 5.74) is 0. The van der Waals surface area contributed by atoms with Crippen molar-refractivity contribution >= 4 is 9.84 Å². The molecule has 0 fully saturated rings. The van der Waals surface area contributed by atoms with E-state index < -0.39 is 15.9 Å². The van der Waals surface area contributed by atoms with Crippen LogP contribution in [0.4, 0.5) is 0 Å². The maximum Gasteiger partial charge on any atom is 0.171 e. The molecular weight excluding hydrogens is 152 g/mol. The van der Waals surface area contributed by atoms with Crippen LogP contribution in [-0.2, 0) is 9.84 Å². The van der Waals surface area contributed by atoms with E-state index in [1.807, 2.05) is 0 Å². The van der Waals surface area contributed by atoms with Gasteiger partial charge in [0, 0.05) is 11.3 Å². The van der Waals surface area contributed by atoms with Gasteiger partial charge >= 0.3 is 0 Å². The zero-order valence-electron chi connectivity index (χ0n) is 5.69. The molecule has 0 aromatic heterocycles.